The third-order valence-corrected chi connectivity index (χ3v) is 6.73. The number of piperidine rings is 1. The highest BCUT2D eigenvalue weighted by atomic mass is 32.2. The fourth-order valence-electron chi connectivity index (χ4n) is 3.85. The lowest BCUT2D eigenvalue weighted by atomic mass is 10.00. The van der Waals surface area contributed by atoms with Gasteiger partial charge in [0, 0.05) is 18.7 Å². The van der Waals surface area contributed by atoms with Crippen LogP contribution in [0.5, 0.6) is 5.75 Å². The Labute approximate surface area is 196 Å². The van der Waals surface area contributed by atoms with Gasteiger partial charge in [-0.25, -0.2) is 0 Å². The fraction of sp³-hybridized carbons (Fsp3) is 0.391. The summed E-state index contributed by atoms with van der Waals surface area (Å²) in [6, 6.07) is 11.5. The zero-order valence-electron chi connectivity index (χ0n) is 18.7. The second-order valence-corrected chi connectivity index (χ2v) is 9.09. The molecular formula is C23H26N6O3S. The van der Waals surface area contributed by atoms with E-state index in [2.05, 4.69) is 36.7 Å². The number of hydrogen-bond acceptors (Lipinski definition) is 9. The molecule has 0 radical (unpaired) electrons. The summed E-state index contributed by atoms with van der Waals surface area (Å²) in [5.41, 5.74) is 0.844. The van der Waals surface area contributed by atoms with Gasteiger partial charge in [-0.1, -0.05) is 36.0 Å². The molecule has 1 aliphatic rings. The lowest BCUT2D eigenvalue weighted by Crippen LogP contribution is -2.35. The van der Waals surface area contributed by atoms with Crippen LogP contribution in [0.2, 0.25) is 0 Å². The van der Waals surface area contributed by atoms with Gasteiger partial charge in [-0.15, -0.1) is 10.2 Å². The van der Waals surface area contributed by atoms with Crippen molar-refractivity contribution >= 4 is 17.7 Å². The summed E-state index contributed by atoms with van der Waals surface area (Å²) in [4.78, 5) is 6.85. The normalized spacial score (nSPS) is 14.7. The highest BCUT2D eigenvalue weighted by molar-refractivity contribution is 7.98. The van der Waals surface area contributed by atoms with Crippen molar-refractivity contribution in [1.82, 2.24) is 24.9 Å². The van der Waals surface area contributed by atoms with Crippen molar-refractivity contribution in [3.05, 3.63) is 54.3 Å². The predicted molar refractivity (Wildman–Crippen MR) is 124 cm³/mol. The molecule has 0 saturated carbocycles. The molecule has 0 N–H and O–H groups in total. The Hall–Kier alpha value is -3.27. The summed E-state index contributed by atoms with van der Waals surface area (Å²) < 4.78 is 18.5. The minimum Gasteiger partial charge on any atom is -0.497 e. The molecule has 0 bridgehead atoms. The molecule has 0 spiro atoms. The summed E-state index contributed by atoms with van der Waals surface area (Å²) in [5.74, 6) is 4.78. The molecule has 0 unspecified atom stereocenters. The number of aromatic nitrogens is 5. The van der Waals surface area contributed by atoms with E-state index in [4.69, 9.17) is 13.7 Å². The number of nitrogens with zero attached hydrogens (tertiary/aromatic N) is 6. The van der Waals surface area contributed by atoms with Crippen molar-refractivity contribution < 1.29 is 13.7 Å². The Morgan fingerprint density at radius 1 is 1.15 bits per heavy atom. The lowest BCUT2D eigenvalue weighted by molar-refractivity contribution is 0.391. The van der Waals surface area contributed by atoms with Gasteiger partial charge in [0.1, 0.15) is 11.5 Å². The van der Waals surface area contributed by atoms with E-state index in [9.17, 15) is 0 Å². The van der Waals surface area contributed by atoms with Crippen molar-refractivity contribution in [2.45, 2.75) is 37.2 Å². The zero-order valence-corrected chi connectivity index (χ0v) is 19.5. The van der Waals surface area contributed by atoms with Crippen molar-refractivity contribution in [3.63, 3.8) is 0 Å². The van der Waals surface area contributed by atoms with Gasteiger partial charge in [0.25, 0.3) is 0 Å². The third kappa shape index (κ3) is 4.90. The number of methoxy groups -OCH3 is 1. The van der Waals surface area contributed by atoms with Gasteiger partial charge in [0.2, 0.25) is 17.7 Å². The number of thioether (sulfide) groups is 1. The number of ether oxygens (including phenoxy) is 1. The molecule has 4 heterocycles. The van der Waals surface area contributed by atoms with Crippen LogP contribution < -0.4 is 9.64 Å². The smallest absolute Gasteiger partial charge is 0.237 e. The van der Waals surface area contributed by atoms with Crippen LogP contribution in [-0.2, 0) is 12.3 Å². The Balaban J connectivity index is 1.33. The second-order valence-electron chi connectivity index (χ2n) is 8.15. The third-order valence-electron chi connectivity index (χ3n) is 5.78. The predicted octanol–water partition coefficient (Wildman–Crippen LogP) is 4.51. The number of rotatable bonds is 8. The van der Waals surface area contributed by atoms with Crippen molar-refractivity contribution in [3.8, 4) is 17.1 Å². The highest BCUT2D eigenvalue weighted by Gasteiger charge is 2.24. The number of hydrogen-bond donors (Lipinski definition) is 0. The first-order valence-corrected chi connectivity index (χ1v) is 12.0. The van der Waals surface area contributed by atoms with Crippen LogP contribution in [0, 0.1) is 5.92 Å². The van der Waals surface area contributed by atoms with Gasteiger partial charge >= 0.3 is 0 Å². The maximum absolute atomic E-state index is 5.60. The molecule has 4 aromatic rings. The molecule has 3 aromatic heterocycles. The molecule has 5 rings (SSSR count). The molecule has 0 aliphatic carbocycles. The Kier molecular flexibility index (Phi) is 6.34. The standard InChI is InChI=1S/C23H26N6O3S/c1-16-8-10-28(11-9-16)22-25-26-23(29(22)14-19-7-4-12-31-19)33-15-20-24-21(27-32-20)17-5-3-6-18(13-17)30-2/h3-7,12-13,16H,8-11,14-15H2,1-2H3. The minimum atomic E-state index is 0.490. The van der Waals surface area contributed by atoms with Gasteiger partial charge in [-0.05, 0) is 43.0 Å². The maximum atomic E-state index is 5.60. The Morgan fingerprint density at radius 2 is 2.03 bits per heavy atom. The van der Waals surface area contributed by atoms with E-state index in [0.29, 0.717) is 24.0 Å². The van der Waals surface area contributed by atoms with E-state index in [1.54, 1.807) is 13.4 Å². The maximum Gasteiger partial charge on any atom is 0.237 e. The Bertz CT molecular complexity index is 1180. The molecule has 33 heavy (non-hydrogen) atoms. The zero-order chi connectivity index (χ0) is 22.6. The summed E-state index contributed by atoms with van der Waals surface area (Å²) in [5, 5.41) is 13.9. The van der Waals surface area contributed by atoms with Gasteiger partial charge in [-0.2, -0.15) is 4.98 Å². The molecule has 9 nitrogen and oxygen atoms in total. The molecule has 10 heteroatoms. The molecular weight excluding hydrogens is 440 g/mol. The molecule has 1 aliphatic heterocycles. The van der Waals surface area contributed by atoms with E-state index in [0.717, 1.165) is 60.0 Å². The van der Waals surface area contributed by atoms with Crippen LogP contribution in [0.15, 0.2) is 56.8 Å². The average Bonchev–Trinajstić information content (AvgIpc) is 3.61. The topological polar surface area (TPSA) is 95.2 Å². The van der Waals surface area contributed by atoms with Gasteiger partial charge in [0.05, 0.1) is 25.7 Å². The quantitative estimate of drug-likeness (QED) is 0.348. The molecule has 1 fully saturated rings. The Morgan fingerprint density at radius 3 is 2.82 bits per heavy atom. The van der Waals surface area contributed by atoms with Crippen LogP contribution in [0.3, 0.4) is 0 Å². The van der Waals surface area contributed by atoms with E-state index in [1.165, 1.54) is 11.8 Å². The first-order chi connectivity index (χ1) is 16.2. The van der Waals surface area contributed by atoms with Crippen LogP contribution in [0.1, 0.15) is 31.4 Å². The summed E-state index contributed by atoms with van der Waals surface area (Å²) in [6.07, 6.45) is 4.00. The molecule has 0 atom stereocenters. The first-order valence-electron chi connectivity index (χ1n) is 11.0. The summed E-state index contributed by atoms with van der Waals surface area (Å²) in [6.45, 7) is 4.84. The van der Waals surface area contributed by atoms with Gasteiger partial charge in [0.15, 0.2) is 5.16 Å². The first kappa shape index (κ1) is 21.6. The molecule has 1 saturated heterocycles. The molecule has 0 amide bonds. The minimum absolute atomic E-state index is 0.490. The van der Waals surface area contributed by atoms with E-state index in [1.807, 2.05) is 36.4 Å². The molecule has 1 aromatic carbocycles. The summed E-state index contributed by atoms with van der Waals surface area (Å²) >= 11 is 1.52. The van der Waals surface area contributed by atoms with Crippen molar-refractivity contribution in [2.24, 2.45) is 5.92 Å². The van der Waals surface area contributed by atoms with Crippen LogP contribution in [0.25, 0.3) is 11.4 Å². The van der Waals surface area contributed by atoms with Crippen molar-refractivity contribution in [2.75, 3.05) is 25.1 Å². The van der Waals surface area contributed by atoms with Crippen LogP contribution in [-0.4, -0.2) is 45.1 Å². The number of anilines is 1. The van der Waals surface area contributed by atoms with Crippen LogP contribution >= 0.6 is 11.8 Å². The van der Waals surface area contributed by atoms with Crippen LogP contribution in [0.4, 0.5) is 5.95 Å². The average molecular weight is 467 g/mol. The van der Waals surface area contributed by atoms with E-state index in [-0.39, 0.29) is 0 Å². The van der Waals surface area contributed by atoms with E-state index < -0.39 is 0 Å². The number of furan rings is 1. The monoisotopic (exact) mass is 466 g/mol. The fourth-order valence-corrected chi connectivity index (χ4v) is 4.62. The lowest BCUT2D eigenvalue weighted by Gasteiger charge is -2.31. The van der Waals surface area contributed by atoms with Gasteiger partial charge in [-0.3, -0.25) is 4.57 Å². The largest absolute Gasteiger partial charge is 0.497 e. The number of benzene rings is 1. The molecule has 172 valence electrons. The summed E-state index contributed by atoms with van der Waals surface area (Å²) in [7, 11) is 1.63. The second kappa shape index (κ2) is 9.70. The SMILES string of the molecule is COc1cccc(-c2noc(CSc3nnc(N4CCC(C)CC4)n3Cc3ccco3)n2)c1. The highest BCUT2D eigenvalue weighted by Crippen LogP contribution is 2.29. The van der Waals surface area contributed by atoms with Gasteiger partial charge < -0.3 is 18.6 Å². The van der Waals surface area contributed by atoms with Crippen molar-refractivity contribution in [1.29, 1.82) is 0 Å². The van der Waals surface area contributed by atoms with E-state index >= 15 is 0 Å².